The van der Waals surface area contributed by atoms with Crippen LogP contribution in [0.3, 0.4) is 0 Å². The predicted molar refractivity (Wildman–Crippen MR) is 119 cm³/mol. The summed E-state index contributed by atoms with van der Waals surface area (Å²) in [5.74, 6) is -0.558. The normalized spacial score (nSPS) is 34.1. The monoisotopic (exact) mass is 469 g/mol. The highest BCUT2D eigenvalue weighted by atomic mass is 32.2. The zero-order chi connectivity index (χ0) is 23.0. The molecular formula is C22H33O7SSi-. The van der Waals surface area contributed by atoms with E-state index in [2.05, 4.69) is 33.9 Å². The first-order chi connectivity index (χ1) is 14.4. The van der Waals surface area contributed by atoms with Crippen LogP contribution in [0.4, 0.5) is 0 Å². The van der Waals surface area contributed by atoms with Crippen LogP contribution < -0.4 is 5.11 Å². The van der Waals surface area contributed by atoms with Crippen molar-refractivity contribution in [2.24, 2.45) is 0 Å². The summed E-state index contributed by atoms with van der Waals surface area (Å²) >= 11 is 0.958. The zero-order valence-corrected chi connectivity index (χ0v) is 21.1. The Morgan fingerprint density at radius 1 is 1.26 bits per heavy atom. The van der Waals surface area contributed by atoms with Crippen molar-refractivity contribution in [3.8, 4) is 0 Å². The summed E-state index contributed by atoms with van der Waals surface area (Å²) in [6.07, 6.45) is -2.17. The maximum Gasteiger partial charge on any atom is 0.303 e. The van der Waals surface area contributed by atoms with Gasteiger partial charge in [-0.15, -0.1) is 11.8 Å². The molecule has 2 saturated heterocycles. The summed E-state index contributed by atoms with van der Waals surface area (Å²) in [5.41, 5.74) is 0.861. The second-order valence-corrected chi connectivity index (χ2v) is 15.2. The van der Waals surface area contributed by atoms with Gasteiger partial charge in [-0.05, 0) is 24.4 Å². The number of fused-ring (bicyclic) bond motifs is 1. The Balaban J connectivity index is 1.99. The number of hydrogen-bond acceptors (Lipinski definition) is 8. The lowest BCUT2D eigenvalue weighted by Crippen LogP contribution is -2.73. The van der Waals surface area contributed by atoms with Crippen LogP contribution in [0.25, 0.3) is 0 Å². The molecule has 2 aliphatic rings. The molecule has 2 aliphatic heterocycles. The van der Waals surface area contributed by atoms with Gasteiger partial charge in [0.15, 0.2) is 20.7 Å². The summed E-state index contributed by atoms with van der Waals surface area (Å²) in [6.45, 7) is 12.0. The average Bonchev–Trinajstić information content (AvgIpc) is 2.70. The Kier molecular flexibility index (Phi) is 7.27. The summed E-state index contributed by atoms with van der Waals surface area (Å²) in [4.78, 5) is 11.9. The Labute approximate surface area is 189 Å². The maximum absolute atomic E-state index is 13.6. The molecule has 3 rings (SSSR count). The molecular weight excluding hydrogens is 436 g/mol. The summed E-state index contributed by atoms with van der Waals surface area (Å²) < 4.78 is 30.3. The summed E-state index contributed by atoms with van der Waals surface area (Å²) in [7, 11) is -2.35. The first kappa shape index (κ1) is 24.7. The molecule has 174 valence electrons. The van der Waals surface area contributed by atoms with Gasteiger partial charge in [-0.25, -0.2) is 0 Å². The highest BCUT2D eigenvalue weighted by Gasteiger charge is 2.56. The van der Waals surface area contributed by atoms with Crippen molar-refractivity contribution in [1.29, 1.82) is 0 Å². The highest BCUT2D eigenvalue weighted by molar-refractivity contribution is 7.99. The number of benzene rings is 1. The van der Waals surface area contributed by atoms with E-state index in [1.54, 1.807) is 6.26 Å². The molecule has 31 heavy (non-hydrogen) atoms. The first-order valence-corrected chi connectivity index (χ1v) is 14.6. The van der Waals surface area contributed by atoms with Gasteiger partial charge in [-0.2, -0.15) is 0 Å². The number of ether oxygens (including phenoxy) is 4. The molecule has 1 unspecified atom stereocenters. The highest BCUT2D eigenvalue weighted by Crippen LogP contribution is 2.45. The third-order valence-corrected chi connectivity index (χ3v) is 11.6. The molecule has 0 aromatic heterocycles. The molecule has 9 heteroatoms. The smallest absolute Gasteiger partial charge is 0.303 e. The van der Waals surface area contributed by atoms with E-state index in [4.69, 9.17) is 23.4 Å². The van der Waals surface area contributed by atoms with Crippen LogP contribution in [0, 0.1) is 0 Å². The number of esters is 1. The van der Waals surface area contributed by atoms with Gasteiger partial charge >= 0.3 is 5.97 Å². The van der Waals surface area contributed by atoms with Gasteiger partial charge in [0.05, 0.1) is 11.7 Å². The van der Waals surface area contributed by atoms with E-state index >= 15 is 0 Å². The second-order valence-electron chi connectivity index (χ2n) is 9.51. The van der Waals surface area contributed by atoms with Crippen molar-refractivity contribution in [3.05, 3.63) is 35.9 Å². The van der Waals surface area contributed by atoms with Crippen LogP contribution in [0.15, 0.2) is 30.3 Å². The quantitative estimate of drug-likeness (QED) is 0.369. The fraction of sp³-hybridized carbons (Fsp3) is 0.682. The van der Waals surface area contributed by atoms with Crippen molar-refractivity contribution in [1.82, 2.24) is 0 Å². The SMILES string of the molecule is CS[C@@]1([O-])O[C@@H]2COC(c3ccccc3)O[C@H]2[C@H](O[Si](C)(C)C(C)(C)C)[C@H]1OC(C)=O. The van der Waals surface area contributed by atoms with Crippen LogP contribution in [0.5, 0.6) is 0 Å². The Hall–Kier alpha value is -0.943. The van der Waals surface area contributed by atoms with E-state index in [0.29, 0.717) is 0 Å². The Bertz CT molecular complexity index is 769. The van der Waals surface area contributed by atoms with Crippen molar-refractivity contribution in [3.63, 3.8) is 0 Å². The summed E-state index contributed by atoms with van der Waals surface area (Å²) in [6, 6.07) is 9.58. The minimum Gasteiger partial charge on any atom is -0.817 e. The maximum atomic E-state index is 13.6. The van der Waals surface area contributed by atoms with Crippen LogP contribution in [0.1, 0.15) is 39.5 Å². The fourth-order valence-corrected chi connectivity index (χ4v) is 5.43. The number of thioether (sulfide) groups is 1. The molecule has 0 saturated carbocycles. The van der Waals surface area contributed by atoms with Crippen LogP contribution >= 0.6 is 11.8 Å². The third kappa shape index (κ3) is 5.18. The van der Waals surface area contributed by atoms with Gasteiger partial charge in [-0.3, -0.25) is 4.79 Å². The number of carbonyl (C=O) groups excluding carboxylic acids is 1. The molecule has 0 spiro atoms. The lowest BCUT2D eigenvalue weighted by Gasteiger charge is -2.58. The molecule has 2 heterocycles. The van der Waals surface area contributed by atoms with E-state index in [1.807, 2.05) is 30.3 Å². The van der Waals surface area contributed by atoms with Crippen molar-refractivity contribution in [2.45, 2.75) is 81.7 Å². The first-order valence-electron chi connectivity index (χ1n) is 10.5. The largest absolute Gasteiger partial charge is 0.817 e. The number of hydrogen-bond donors (Lipinski definition) is 0. The number of carbonyl (C=O) groups is 1. The average molecular weight is 470 g/mol. The van der Waals surface area contributed by atoms with E-state index in [9.17, 15) is 9.90 Å². The molecule has 2 fully saturated rings. The lowest BCUT2D eigenvalue weighted by molar-refractivity contribution is -0.558. The summed E-state index contributed by atoms with van der Waals surface area (Å²) in [5, 5.41) is 11.5. The predicted octanol–water partition coefficient (Wildman–Crippen LogP) is 3.20. The zero-order valence-electron chi connectivity index (χ0n) is 19.2. The van der Waals surface area contributed by atoms with Gasteiger partial charge in [0.2, 0.25) is 0 Å². The minimum absolute atomic E-state index is 0.115. The van der Waals surface area contributed by atoms with Crippen molar-refractivity contribution in [2.75, 3.05) is 12.9 Å². The van der Waals surface area contributed by atoms with Gasteiger partial charge in [0.1, 0.15) is 18.3 Å². The molecule has 1 aromatic carbocycles. The minimum atomic E-state index is -2.35. The van der Waals surface area contributed by atoms with Crippen molar-refractivity contribution < 1.29 is 33.3 Å². The van der Waals surface area contributed by atoms with Gasteiger partial charge in [0, 0.05) is 12.5 Å². The Morgan fingerprint density at radius 3 is 2.45 bits per heavy atom. The molecule has 0 aliphatic carbocycles. The Morgan fingerprint density at radius 2 is 1.90 bits per heavy atom. The fourth-order valence-electron chi connectivity index (χ4n) is 3.50. The standard InChI is InChI=1S/C22H33O7SSi/c1-14(23)26-19-18(29-31(6,7)21(2,3)4)17-16(28-22(19,24)30-5)13-25-20(27-17)15-11-9-8-10-12-15/h8-12,16-20H,13H2,1-7H3/q-1/t16-,17-,18+,19-,20?,22+/m1/s1. The lowest BCUT2D eigenvalue weighted by atomic mass is 9.97. The molecule has 0 N–H and O–H groups in total. The van der Waals surface area contributed by atoms with Crippen LogP contribution in [0.2, 0.25) is 18.1 Å². The van der Waals surface area contributed by atoms with E-state index in [1.165, 1.54) is 6.92 Å². The number of rotatable bonds is 5. The second kappa shape index (κ2) is 9.13. The van der Waals surface area contributed by atoms with Crippen LogP contribution in [-0.4, -0.2) is 56.7 Å². The molecule has 6 atom stereocenters. The van der Waals surface area contributed by atoms with E-state index in [0.717, 1.165) is 17.3 Å². The van der Waals surface area contributed by atoms with Crippen LogP contribution in [-0.2, 0) is 28.2 Å². The molecule has 0 radical (unpaired) electrons. The molecule has 0 bridgehead atoms. The molecule has 7 nitrogen and oxygen atoms in total. The third-order valence-electron chi connectivity index (χ3n) is 6.23. The molecule has 0 amide bonds. The van der Waals surface area contributed by atoms with Gasteiger partial charge in [0.25, 0.3) is 0 Å². The molecule has 1 aromatic rings. The topological polar surface area (TPSA) is 86.3 Å². The van der Waals surface area contributed by atoms with Gasteiger partial charge < -0.3 is 28.5 Å². The van der Waals surface area contributed by atoms with E-state index in [-0.39, 0.29) is 11.6 Å². The van der Waals surface area contributed by atoms with Crippen molar-refractivity contribution >= 4 is 26.0 Å². The van der Waals surface area contributed by atoms with Gasteiger partial charge in [-0.1, -0.05) is 51.1 Å². The van der Waals surface area contributed by atoms with E-state index < -0.39 is 50.1 Å².